The summed E-state index contributed by atoms with van der Waals surface area (Å²) in [6, 6.07) is 12.7. The Morgan fingerprint density at radius 1 is 1.11 bits per heavy atom. The largest absolute Gasteiger partial charge is 0.424 e. The fourth-order valence-corrected chi connectivity index (χ4v) is 6.27. The number of benzene rings is 1. The lowest BCUT2D eigenvalue weighted by Gasteiger charge is -2.40. The molecule has 0 unspecified atom stereocenters. The van der Waals surface area contributed by atoms with Crippen LogP contribution in [0.1, 0.15) is 54.6 Å². The quantitative estimate of drug-likeness (QED) is 0.447. The molecule has 0 radical (unpaired) electrons. The Labute approximate surface area is 215 Å². The van der Waals surface area contributed by atoms with Crippen molar-refractivity contribution in [1.82, 2.24) is 20.3 Å². The number of primary amides is 1. The molecule has 1 amide bonds. The maximum absolute atomic E-state index is 11.5. The third-order valence-corrected chi connectivity index (χ3v) is 7.98. The monoisotopic (exact) mass is 498 g/mol. The van der Waals surface area contributed by atoms with E-state index in [1.165, 1.54) is 12.7 Å². The van der Waals surface area contributed by atoms with Gasteiger partial charge in [0.25, 0.3) is 6.01 Å². The lowest BCUT2D eigenvalue weighted by atomic mass is 9.89. The summed E-state index contributed by atoms with van der Waals surface area (Å²) >= 11 is 0. The summed E-state index contributed by atoms with van der Waals surface area (Å²) in [5.41, 5.74) is 7.03. The zero-order valence-corrected chi connectivity index (χ0v) is 20.5. The number of piperidine rings is 1. The Hall–Kier alpha value is -3.97. The van der Waals surface area contributed by atoms with Gasteiger partial charge in [-0.1, -0.05) is 25.0 Å². The molecule has 2 aromatic heterocycles. The molecule has 1 aliphatic heterocycles. The number of aromatic nitrogens is 3. The molecule has 3 fully saturated rings. The van der Waals surface area contributed by atoms with Gasteiger partial charge in [0.1, 0.15) is 23.9 Å². The standard InChI is InChI=1S/C27H30N8O2/c28-12-19-11-25(32-15-31-19)35-14-16-8-22(23(35)9-16)33-20-6-1-2-7-21(20)34-27-30-13-24(37-27)17-4-3-5-18(10-17)26(29)36/h3-5,10-11,13,15-16,20-23,33H,1-2,6-9,14H2,(H2,29,36)(H,30,34)/t16-,20-,21-,22+,23-/m1/s1. The second-order valence-corrected chi connectivity index (χ2v) is 10.3. The molecule has 2 aliphatic carbocycles. The van der Waals surface area contributed by atoms with Gasteiger partial charge in [-0.3, -0.25) is 4.79 Å². The number of nitriles is 1. The Bertz CT molecular complexity index is 1330. The summed E-state index contributed by atoms with van der Waals surface area (Å²) in [7, 11) is 0. The fraction of sp³-hybridized carbons (Fsp3) is 0.444. The number of nitrogens with zero attached hydrogens (tertiary/aromatic N) is 5. The topological polar surface area (TPSA) is 146 Å². The Morgan fingerprint density at radius 3 is 2.78 bits per heavy atom. The number of hydrogen-bond donors (Lipinski definition) is 3. The minimum Gasteiger partial charge on any atom is -0.424 e. The number of anilines is 2. The molecular formula is C27H30N8O2. The zero-order chi connectivity index (χ0) is 25.4. The van der Waals surface area contributed by atoms with Crippen molar-refractivity contribution in [2.24, 2.45) is 11.7 Å². The van der Waals surface area contributed by atoms with Gasteiger partial charge in [0.05, 0.1) is 6.20 Å². The van der Waals surface area contributed by atoms with Crippen LogP contribution < -0.4 is 21.3 Å². The average molecular weight is 499 g/mol. The van der Waals surface area contributed by atoms with Crippen LogP contribution in [0.25, 0.3) is 11.3 Å². The lowest BCUT2D eigenvalue weighted by Crippen LogP contribution is -2.56. The molecule has 10 nitrogen and oxygen atoms in total. The van der Waals surface area contributed by atoms with Crippen molar-refractivity contribution in [1.29, 1.82) is 5.26 Å². The molecule has 1 aromatic carbocycles. The summed E-state index contributed by atoms with van der Waals surface area (Å²) in [5.74, 6) is 1.59. The number of nitrogens with one attached hydrogen (secondary N) is 2. The minimum absolute atomic E-state index is 0.203. The van der Waals surface area contributed by atoms with E-state index in [1.807, 2.05) is 6.07 Å². The van der Waals surface area contributed by atoms with Crippen molar-refractivity contribution in [3.8, 4) is 17.4 Å². The Balaban J connectivity index is 1.14. The number of carbonyl (C=O) groups excluding carboxylic acids is 1. The first-order valence-electron chi connectivity index (χ1n) is 12.9. The van der Waals surface area contributed by atoms with Gasteiger partial charge < -0.3 is 25.7 Å². The third kappa shape index (κ3) is 4.74. The highest BCUT2D eigenvalue weighted by Crippen LogP contribution is 2.40. The van der Waals surface area contributed by atoms with Gasteiger partial charge in [0.2, 0.25) is 5.91 Å². The Morgan fingerprint density at radius 2 is 1.97 bits per heavy atom. The molecule has 6 rings (SSSR count). The molecule has 2 saturated carbocycles. The first-order chi connectivity index (χ1) is 18.1. The van der Waals surface area contributed by atoms with Gasteiger partial charge in [-0.15, -0.1) is 0 Å². The Kier molecular flexibility index (Phi) is 6.22. The van der Waals surface area contributed by atoms with Gasteiger partial charge in [0, 0.05) is 47.9 Å². The number of fused-ring (bicyclic) bond motifs is 2. The molecule has 3 aromatic rings. The molecule has 3 heterocycles. The van der Waals surface area contributed by atoms with Crippen molar-refractivity contribution in [3.05, 3.63) is 54.1 Å². The van der Waals surface area contributed by atoms with Crippen LogP contribution in [-0.4, -0.2) is 51.6 Å². The molecule has 0 spiro atoms. The van der Waals surface area contributed by atoms with E-state index < -0.39 is 5.91 Å². The number of oxazole rings is 1. The highest BCUT2D eigenvalue weighted by Gasteiger charge is 2.46. The minimum atomic E-state index is -0.472. The van der Waals surface area contributed by atoms with Gasteiger partial charge in [-0.2, -0.15) is 5.26 Å². The van der Waals surface area contributed by atoms with Crippen LogP contribution in [0.3, 0.4) is 0 Å². The summed E-state index contributed by atoms with van der Waals surface area (Å²) < 4.78 is 6.02. The third-order valence-electron chi connectivity index (χ3n) is 7.98. The van der Waals surface area contributed by atoms with E-state index in [-0.39, 0.29) is 6.04 Å². The maximum Gasteiger partial charge on any atom is 0.295 e. The van der Waals surface area contributed by atoms with Crippen LogP contribution in [0, 0.1) is 17.2 Å². The van der Waals surface area contributed by atoms with Crippen molar-refractivity contribution >= 4 is 17.7 Å². The molecule has 3 aliphatic rings. The van der Waals surface area contributed by atoms with Crippen LogP contribution in [0.2, 0.25) is 0 Å². The van der Waals surface area contributed by atoms with Gasteiger partial charge in [-0.25, -0.2) is 15.0 Å². The summed E-state index contributed by atoms with van der Waals surface area (Å²) in [6.07, 6.45) is 9.93. The SMILES string of the molecule is N#Cc1cc(N2C[C@@H]3C[C@H](N[C@@H]4CCCC[C@H]4Nc4ncc(-c5cccc(C(N)=O)c5)o4)[C@H]2C3)ncn1. The smallest absolute Gasteiger partial charge is 0.295 e. The number of rotatable bonds is 7. The van der Waals surface area contributed by atoms with Gasteiger partial charge in [0.15, 0.2) is 5.76 Å². The van der Waals surface area contributed by atoms with E-state index >= 15 is 0 Å². The summed E-state index contributed by atoms with van der Waals surface area (Å²) in [5, 5.41) is 16.8. The predicted molar refractivity (Wildman–Crippen MR) is 138 cm³/mol. The van der Waals surface area contributed by atoms with Crippen LogP contribution in [0.4, 0.5) is 11.8 Å². The van der Waals surface area contributed by atoms with Crippen molar-refractivity contribution in [2.75, 3.05) is 16.8 Å². The highest BCUT2D eigenvalue weighted by molar-refractivity contribution is 5.93. The number of nitrogens with two attached hydrogens (primary N) is 1. The lowest BCUT2D eigenvalue weighted by molar-refractivity contribution is 0.100. The number of amides is 1. The number of hydrogen-bond acceptors (Lipinski definition) is 9. The molecule has 10 heteroatoms. The second kappa shape index (κ2) is 9.82. The van der Waals surface area contributed by atoms with Crippen molar-refractivity contribution in [2.45, 2.75) is 62.7 Å². The summed E-state index contributed by atoms with van der Waals surface area (Å²) in [4.78, 5) is 26.8. The van der Waals surface area contributed by atoms with E-state index in [0.29, 0.717) is 47.1 Å². The maximum atomic E-state index is 11.5. The van der Waals surface area contributed by atoms with E-state index in [1.54, 1.807) is 30.5 Å². The molecule has 37 heavy (non-hydrogen) atoms. The molecule has 5 atom stereocenters. The van der Waals surface area contributed by atoms with Crippen LogP contribution in [0.15, 0.2) is 47.3 Å². The zero-order valence-electron chi connectivity index (χ0n) is 20.5. The fourth-order valence-electron chi connectivity index (χ4n) is 6.27. The van der Waals surface area contributed by atoms with E-state index in [9.17, 15) is 10.1 Å². The first-order valence-corrected chi connectivity index (χ1v) is 12.9. The highest BCUT2D eigenvalue weighted by atomic mass is 16.4. The normalized spacial score (nSPS) is 26.7. The average Bonchev–Trinajstić information content (AvgIpc) is 3.66. The molecule has 190 valence electrons. The van der Waals surface area contributed by atoms with Crippen LogP contribution in [-0.2, 0) is 0 Å². The summed E-state index contributed by atoms with van der Waals surface area (Å²) in [6.45, 7) is 0.979. The molecule has 1 saturated heterocycles. The van der Waals surface area contributed by atoms with E-state index in [4.69, 9.17) is 10.2 Å². The second-order valence-electron chi connectivity index (χ2n) is 10.3. The van der Waals surface area contributed by atoms with Gasteiger partial charge in [-0.05, 0) is 43.7 Å². The van der Waals surface area contributed by atoms with Crippen LogP contribution in [0.5, 0.6) is 0 Å². The van der Waals surface area contributed by atoms with Gasteiger partial charge >= 0.3 is 0 Å². The molecule has 4 N–H and O–H groups in total. The van der Waals surface area contributed by atoms with Crippen molar-refractivity contribution < 1.29 is 9.21 Å². The first kappa shape index (κ1) is 23.4. The molecule has 2 bridgehead atoms. The molecular weight excluding hydrogens is 468 g/mol. The number of carbonyl (C=O) groups is 1. The predicted octanol–water partition coefficient (Wildman–Crippen LogP) is 3.08. The van der Waals surface area contributed by atoms with Crippen LogP contribution >= 0.6 is 0 Å². The van der Waals surface area contributed by atoms with Crippen molar-refractivity contribution in [3.63, 3.8) is 0 Å². The van der Waals surface area contributed by atoms with E-state index in [2.05, 4.69) is 36.6 Å². The van der Waals surface area contributed by atoms with E-state index in [0.717, 1.165) is 50.0 Å².